The SMILES string of the molecule is CCc1cc(N2CC[C@@H](NC(C)=O)C2)nc(N2CCOCC2)n1. The molecule has 0 saturated carbocycles. The molecular formula is C16H25N5O2. The van der Waals surface area contributed by atoms with Crippen molar-refractivity contribution in [1.82, 2.24) is 15.3 Å². The highest BCUT2D eigenvalue weighted by Gasteiger charge is 2.25. The fourth-order valence-corrected chi connectivity index (χ4v) is 3.09. The number of hydrogen-bond acceptors (Lipinski definition) is 6. The summed E-state index contributed by atoms with van der Waals surface area (Å²) in [7, 11) is 0. The number of nitrogens with one attached hydrogen (secondary N) is 1. The van der Waals surface area contributed by atoms with E-state index >= 15 is 0 Å². The molecule has 0 aliphatic carbocycles. The van der Waals surface area contributed by atoms with Crippen LogP contribution in [-0.4, -0.2) is 61.3 Å². The fraction of sp³-hybridized carbons (Fsp3) is 0.688. The topological polar surface area (TPSA) is 70.6 Å². The first-order valence-electron chi connectivity index (χ1n) is 8.38. The van der Waals surface area contributed by atoms with E-state index in [2.05, 4.69) is 33.1 Å². The molecule has 3 heterocycles. The monoisotopic (exact) mass is 319 g/mol. The Morgan fingerprint density at radius 3 is 2.78 bits per heavy atom. The molecule has 0 bridgehead atoms. The standard InChI is InChI=1S/C16H25N5O2/c1-3-13-10-15(21-5-4-14(11-21)17-12(2)22)19-16(18-13)20-6-8-23-9-7-20/h10,14H,3-9,11H2,1-2H3,(H,17,22)/t14-/m1/s1. The van der Waals surface area contributed by atoms with E-state index in [1.165, 1.54) is 0 Å². The zero-order valence-corrected chi connectivity index (χ0v) is 13.9. The van der Waals surface area contributed by atoms with Crippen LogP contribution in [0.4, 0.5) is 11.8 Å². The van der Waals surface area contributed by atoms with E-state index in [9.17, 15) is 4.79 Å². The summed E-state index contributed by atoms with van der Waals surface area (Å²) in [6, 6.07) is 2.28. The van der Waals surface area contributed by atoms with Gasteiger partial charge in [0.1, 0.15) is 5.82 Å². The van der Waals surface area contributed by atoms with Crippen LogP contribution < -0.4 is 15.1 Å². The molecule has 0 spiro atoms. The van der Waals surface area contributed by atoms with Crippen molar-refractivity contribution < 1.29 is 9.53 Å². The third kappa shape index (κ3) is 3.90. The number of carbonyl (C=O) groups excluding carboxylic acids is 1. The summed E-state index contributed by atoms with van der Waals surface area (Å²) >= 11 is 0. The van der Waals surface area contributed by atoms with E-state index in [-0.39, 0.29) is 11.9 Å². The Labute approximate surface area is 137 Å². The molecule has 1 aromatic rings. The number of nitrogens with zero attached hydrogens (tertiary/aromatic N) is 4. The predicted molar refractivity (Wildman–Crippen MR) is 88.9 cm³/mol. The first kappa shape index (κ1) is 16.0. The van der Waals surface area contributed by atoms with Crippen LogP contribution in [0.2, 0.25) is 0 Å². The van der Waals surface area contributed by atoms with Crippen LogP contribution in [0.3, 0.4) is 0 Å². The maximum Gasteiger partial charge on any atom is 0.227 e. The van der Waals surface area contributed by atoms with E-state index in [4.69, 9.17) is 9.72 Å². The number of morpholine rings is 1. The van der Waals surface area contributed by atoms with Gasteiger partial charge >= 0.3 is 0 Å². The number of amides is 1. The second-order valence-corrected chi connectivity index (χ2v) is 6.10. The van der Waals surface area contributed by atoms with Crippen LogP contribution in [-0.2, 0) is 16.0 Å². The smallest absolute Gasteiger partial charge is 0.227 e. The van der Waals surface area contributed by atoms with E-state index in [1.807, 2.05) is 0 Å². The molecule has 1 atom stereocenters. The largest absolute Gasteiger partial charge is 0.378 e. The fourth-order valence-electron chi connectivity index (χ4n) is 3.09. The average molecular weight is 319 g/mol. The molecule has 3 rings (SSSR count). The molecular weight excluding hydrogens is 294 g/mol. The molecule has 2 aliphatic heterocycles. The van der Waals surface area contributed by atoms with Gasteiger partial charge in [-0.1, -0.05) is 6.92 Å². The number of rotatable bonds is 4. The van der Waals surface area contributed by atoms with Crippen LogP contribution in [0.1, 0.15) is 26.0 Å². The Kier molecular flexibility index (Phi) is 4.95. The molecule has 1 amide bonds. The molecule has 1 N–H and O–H groups in total. The summed E-state index contributed by atoms with van der Waals surface area (Å²) in [5.41, 5.74) is 1.06. The van der Waals surface area contributed by atoms with Crippen molar-refractivity contribution in [3.05, 3.63) is 11.8 Å². The summed E-state index contributed by atoms with van der Waals surface area (Å²) < 4.78 is 5.41. The van der Waals surface area contributed by atoms with Crippen molar-refractivity contribution in [1.29, 1.82) is 0 Å². The minimum atomic E-state index is 0.0304. The Hall–Kier alpha value is -1.89. The lowest BCUT2D eigenvalue weighted by Crippen LogP contribution is -2.38. The molecule has 2 fully saturated rings. The van der Waals surface area contributed by atoms with Crippen LogP contribution in [0.25, 0.3) is 0 Å². The van der Waals surface area contributed by atoms with Gasteiger partial charge in [0.2, 0.25) is 11.9 Å². The predicted octanol–water partition coefficient (Wildman–Crippen LogP) is 0.590. The van der Waals surface area contributed by atoms with Gasteiger partial charge in [0.25, 0.3) is 0 Å². The number of aryl methyl sites for hydroxylation is 1. The van der Waals surface area contributed by atoms with Gasteiger partial charge in [0.05, 0.1) is 13.2 Å². The molecule has 126 valence electrons. The second kappa shape index (κ2) is 7.12. The molecule has 7 heteroatoms. The van der Waals surface area contributed by atoms with Gasteiger partial charge in [-0.05, 0) is 12.8 Å². The molecule has 2 saturated heterocycles. The van der Waals surface area contributed by atoms with Crippen molar-refractivity contribution in [3.8, 4) is 0 Å². The van der Waals surface area contributed by atoms with Crippen LogP contribution in [0, 0.1) is 0 Å². The van der Waals surface area contributed by atoms with Crippen molar-refractivity contribution >= 4 is 17.7 Å². The lowest BCUT2D eigenvalue weighted by Gasteiger charge is -2.28. The lowest BCUT2D eigenvalue weighted by atomic mass is 10.2. The van der Waals surface area contributed by atoms with Crippen molar-refractivity contribution in [2.45, 2.75) is 32.7 Å². The summed E-state index contributed by atoms with van der Waals surface area (Å²) in [5, 5.41) is 3.00. The Morgan fingerprint density at radius 2 is 2.09 bits per heavy atom. The zero-order valence-electron chi connectivity index (χ0n) is 13.9. The Balaban J connectivity index is 1.77. The first-order chi connectivity index (χ1) is 11.2. The third-order valence-corrected chi connectivity index (χ3v) is 4.33. The molecule has 7 nitrogen and oxygen atoms in total. The molecule has 0 radical (unpaired) electrons. The lowest BCUT2D eigenvalue weighted by molar-refractivity contribution is -0.119. The van der Waals surface area contributed by atoms with Gasteiger partial charge in [-0.25, -0.2) is 4.98 Å². The van der Waals surface area contributed by atoms with E-state index in [0.29, 0.717) is 0 Å². The van der Waals surface area contributed by atoms with Crippen LogP contribution >= 0.6 is 0 Å². The minimum absolute atomic E-state index is 0.0304. The summed E-state index contributed by atoms with van der Waals surface area (Å²) in [6.07, 6.45) is 1.84. The molecule has 1 aromatic heterocycles. The van der Waals surface area contributed by atoms with Crippen LogP contribution in [0.15, 0.2) is 6.07 Å². The number of hydrogen-bond donors (Lipinski definition) is 1. The highest BCUT2D eigenvalue weighted by Crippen LogP contribution is 2.22. The normalized spacial score (nSPS) is 21.6. The quantitative estimate of drug-likeness (QED) is 0.876. The van der Waals surface area contributed by atoms with Gasteiger partial charge in [-0.3, -0.25) is 4.79 Å². The number of ether oxygens (including phenoxy) is 1. The molecule has 23 heavy (non-hydrogen) atoms. The van der Waals surface area contributed by atoms with E-state index < -0.39 is 0 Å². The highest BCUT2D eigenvalue weighted by molar-refractivity contribution is 5.73. The van der Waals surface area contributed by atoms with Crippen LogP contribution in [0.5, 0.6) is 0 Å². The number of anilines is 2. The van der Waals surface area contributed by atoms with Gasteiger partial charge in [-0.15, -0.1) is 0 Å². The van der Waals surface area contributed by atoms with Gasteiger partial charge in [0, 0.05) is 50.9 Å². The minimum Gasteiger partial charge on any atom is -0.378 e. The highest BCUT2D eigenvalue weighted by atomic mass is 16.5. The first-order valence-corrected chi connectivity index (χ1v) is 8.38. The zero-order chi connectivity index (χ0) is 16.2. The average Bonchev–Trinajstić information content (AvgIpc) is 3.03. The Morgan fingerprint density at radius 1 is 1.30 bits per heavy atom. The van der Waals surface area contributed by atoms with Gasteiger partial charge < -0.3 is 19.9 Å². The van der Waals surface area contributed by atoms with Crippen molar-refractivity contribution in [2.24, 2.45) is 0 Å². The van der Waals surface area contributed by atoms with E-state index in [0.717, 1.165) is 69.7 Å². The summed E-state index contributed by atoms with van der Waals surface area (Å²) in [4.78, 5) is 25.1. The maximum atomic E-state index is 11.2. The Bertz CT molecular complexity index is 559. The molecule has 0 aromatic carbocycles. The van der Waals surface area contributed by atoms with Crippen molar-refractivity contribution in [3.63, 3.8) is 0 Å². The number of carbonyl (C=O) groups is 1. The summed E-state index contributed by atoms with van der Waals surface area (Å²) in [6.45, 7) is 8.52. The van der Waals surface area contributed by atoms with E-state index in [1.54, 1.807) is 6.92 Å². The second-order valence-electron chi connectivity index (χ2n) is 6.10. The van der Waals surface area contributed by atoms with Crippen molar-refractivity contribution in [2.75, 3.05) is 49.2 Å². The third-order valence-electron chi connectivity index (χ3n) is 4.33. The summed E-state index contributed by atoms with van der Waals surface area (Å²) in [5.74, 6) is 1.79. The number of aromatic nitrogens is 2. The van der Waals surface area contributed by atoms with Gasteiger partial charge in [-0.2, -0.15) is 4.98 Å². The molecule has 2 aliphatic rings. The molecule has 0 unspecified atom stereocenters. The van der Waals surface area contributed by atoms with Gasteiger partial charge in [0.15, 0.2) is 0 Å². The maximum absolute atomic E-state index is 11.2.